The van der Waals surface area contributed by atoms with Crippen LogP contribution in [0.5, 0.6) is 0 Å². The lowest BCUT2D eigenvalue weighted by atomic mass is 10.0. The van der Waals surface area contributed by atoms with Gasteiger partial charge in [-0.2, -0.15) is 0 Å². The highest BCUT2D eigenvalue weighted by atomic mass is 15.3. The number of nitrogens with two attached hydrogens (primary N) is 1. The summed E-state index contributed by atoms with van der Waals surface area (Å²) in [5.41, 5.74) is 4.09. The van der Waals surface area contributed by atoms with Crippen molar-refractivity contribution in [2.24, 2.45) is 5.84 Å². The van der Waals surface area contributed by atoms with E-state index < -0.39 is 0 Å². The number of hydrazine groups is 1. The normalized spacial score (nSPS) is 13.2. The molecule has 17 heavy (non-hydrogen) atoms. The minimum absolute atomic E-state index is 0.162. The van der Waals surface area contributed by atoms with Crippen molar-refractivity contribution in [1.29, 1.82) is 0 Å². The van der Waals surface area contributed by atoms with Gasteiger partial charge in [0.1, 0.15) is 0 Å². The maximum atomic E-state index is 5.62. The maximum absolute atomic E-state index is 5.62. The molecule has 2 aromatic carbocycles. The highest BCUT2D eigenvalue weighted by Gasteiger charge is 2.10. The molecule has 0 saturated heterocycles. The molecule has 90 valence electrons. The van der Waals surface area contributed by atoms with E-state index in [-0.39, 0.29) is 6.04 Å². The zero-order valence-electron chi connectivity index (χ0n) is 10.4. The van der Waals surface area contributed by atoms with Gasteiger partial charge in [0.15, 0.2) is 0 Å². The summed E-state index contributed by atoms with van der Waals surface area (Å²) in [6.07, 6.45) is 0. The van der Waals surface area contributed by atoms with Gasteiger partial charge in [-0.15, -0.1) is 0 Å². The first kappa shape index (κ1) is 12.0. The van der Waals surface area contributed by atoms with Crippen LogP contribution in [-0.4, -0.2) is 25.5 Å². The number of likely N-dealkylation sites (N-methyl/N-ethyl adjacent to an activating group) is 1. The molecule has 0 radical (unpaired) electrons. The highest BCUT2D eigenvalue weighted by molar-refractivity contribution is 5.83. The molecule has 0 heterocycles. The molecule has 0 saturated carbocycles. The summed E-state index contributed by atoms with van der Waals surface area (Å²) >= 11 is 0. The van der Waals surface area contributed by atoms with Crippen LogP contribution in [0.2, 0.25) is 0 Å². The Morgan fingerprint density at radius 1 is 1.12 bits per heavy atom. The fraction of sp³-hybridized carbons (Fsp3) is 0.286. The average Bonchev–Trinajstić information content (AvgIpc) is 2.35. The number of fused-ring (bicyclic) bond motifs is 1. The number of nitrogens with zero attached hydrogens (tertiary/aromatic N) is 1. The lowest BCUT2D eigenvalue weighted by Crippen LogP contribution is -2.35. The second-order valence-corrected chi connectivity index (χ2v) is 4.59. The minimum atomic E-state index is 0.162. The topological polar surface area (TPSA) is 41.3 Å². The fourth-order valence-corrected chi connectivity index (χ4v) is 2.04. The molecule has 0 aliphatic heterocycles. The van der Waals surface area contributed by atoms with Crippen molar-refractivity contribution in [3.63, 3.8) is 0 Å². The van der Waals surface area contributed by atoms with E-state index in [2.05, 4.69) is 52.8 Å². The van der Waals surface area contributed by atoms with Crippen molar-refractivity contribution in [1.82, 2.24) is 10.3 Å². The summed E-state index contributed by atoms with van der Waals surface area (Å²) in [7, 11) is 4.09. The number of hydrogen-bond acceptors (Lipinski definition) is 3. The summed E-state index contributed by atoms with van der Waals surface area (Å²) in [6, 6.07) is 15.0. The molecule has 2 aromatic rings. The van der Waals surface area contributed by atoms with Crippen LogP contribution < -0.4 is 11.3 Å². The number of rotatable bonds is 4. The van der Waals surface area contributed by atoms with Gasteiger partial charge in [0.25, 0.3) is 0 Å². The third kappa shape index (κ3) is 2.82. The van der Waals surface area contributed by atoms with Crippen LogP contribution in [0.25, 0.3) is 10.8 Å². The minimum Gasteiger partial charge on any atom is -0.307 e. The van der Waals surface area contributed by atoms with Gasteiger partial charge < -0.3 is 4.90 Å². The van der Waals surface area contributed by atoms with Gasteiger partial charge in [-0.3, -0.25) is 11.3 Å². The molecule has 1 atom stereocenters. The highest BCUT2D eigenvalue weighted by Crippen LogP contribution is 2.20. The van der Waals surface area contributed by atoms with Crippen molar-refractivity contribution in [3.05, 3.63) is 48.0 Å². The van der Waals surface area contributed by atoms with Gasteiger partial charge in [0.2, 0.25) is 0 Å². The SMILES string of the molecule is CN(C)CC(NN)c1ccc2ccccc2c1. The predicted octanol–water partition coefficient (Wildman–Crippen LogP) is 1.91. The lowest BCUT2D eigenvalue weighted by molar-refractivity contribution is 0.344. The van der Waals surface area contributed by atoms with Crippen molar-refractivity contribution in [2.45, 2.75) is 6.04 Å². The van der Waals surface area contributed by atoms with Crippen molar-refractivity contribution in [3.8, 4) is 0 Å². The summed E-state index contributed by atoms with van der Waals surface area (Å²) in [5, 5.41) is 2.51. The smallest absolute Gasteiger partial charge is 0.0587 e. The van der Waals surface area contributed by atoms with Crippen molar-refractivity contribution in [2.75, 3.05) is 20.6 Å². The zero-order chi connectivity index (χ0) is 12.3. The molecule has 0 bridgehead atoms. The van der Waals surface area contributed by atoms with Gasteiger partial charge in [-0.1, -0.05) is 36.4 Å². The van der Waals surface area contributed by atoms with Crippen LogP contribution in [0.15, 0.2) is 42.5 Å². The van der Waals surface area contributed by atoms with Gasteiger partial charge in [0, 0.05) is 6.54 Å². The lowest BCUT2D eigenvalue weighted by Gasteiger charge is -2.21. The third-order valence-corrected chi connectivity index (χ3v) is 2.92. The Bertz CT molecular complexity index is 494. The maximum Gasteiger partial charge on any atom is 0.0587 e. The molecule has 0 aromatic heterocycles. The van der Waals surface area contributed by atoms with E-state index in [4.69, 9.17) is 5.84 Å². The second-order valence-electron chi connectivity index (χ2n) is 4.59. The Morgan fingerprint density at radius 2 is 1.82 bits per heavy atom. The van der Waals surface area contributed by atoms with Crippen molar-refractivity contribution < 1.29 is 0 Å². The summed E-state index contributed by atoms with van der Waals surface area (Å²) in [5.74, 6) is 5.62. The Hall–Kier alpha value is -1.42. The Labute approximate surface area is 102 Å². The Kier molecular flexibility index (Phi) is 3.74. The molecular formula is C14H19N3. The third-order valence-electron chi connectivity index (χ3n) is 2.92. The molecule has 0 amide bonds. The van der Waals surface area contributed by atoms with E-state index in [1.165, 1.54) is 16.3 Å². The summed E-state index contributed by atoms with van der Waals surface area (Å²) < 4.78 is 0. The molecule has 3 N–H and O–H groups in total. The summed E-state index contributed by atoms with van der Waals surface area (Å²) in [4.78, 5) is 2.12. The van der Waals surface area contributed by atoms with Gasteiger partial charge in [-0.25, -0.2) is 0 Å². The van der Waals surface area contributed by atoms with E-state index in [0.29, 0.717) is 0 Å². The molecule has 0 aliphatic carbocycles. The van der Waals surface area contributed by atoms with Crippen LogP contribution in [0.4, 0.5) is 0 Å². The van der Waals surface area contributed by atoms with E-state index in [1.807, 2.05) is 14.1 Å². The van der Waals surface area contributed by atoms with Crippen LogP contribution in [0.1, 0.15) is 11.6 Å². The Balaban J connectivity index is 2.34. The first-order valence-electron chi connectivity index (χ1n) is 5.80. The van der Waals surface area contributed by atoms with Gasteiger partial charge in [-0.05, 0) is 36.5 Å². The zero-order valence-corrected chi connectivity index (χ0v) is 10.4. The molecule has 2 rings (SSSR count). The number of hydrogen-bond donors (Lipinski definition) is 2. The van der Waals surface area contributed by atoms with Gasteiger partial charge >= 0.3 is 0 Å². The van der Waals surface area contributed by atoms with Crippen LogP contribution in [0, 0.1) is 0 Å². The van der Waals surface area contributed by atoms with E-state index in [0.717, 1.165) is 6.54 Å². The largest absolute Gasteiger partial charge is 0.307 e. The second kappa shape index (κ2) is 5.27. The van der Waals surface area contributed by atoms with Crippen LogP contribution >= 0.6 is 0 Å². The molecule has 0 spiro atoms. The monoisotopic (exact) mass is 229 g/mol. The van der Waals surface area contributed by atoms with E-state index >= 15 is 0 Å². The van der Waals surface area contributed by atoms with E-state index in [9.17, 15) is 0 Å². The number of nitrogens with one attached hydrogen (secondary N) is 1. The molecule has 1 unspecified atom stereocenters. The van der Waals surface area contributed by atoms with Crippen LogP contribution in [0.3, 0.4) is 0 Å². The average molecular weight is 229 g/mol. The number of benzene rings is 2. The Morgan fingerprint density at radius 3 is 2.47 bits per heavy atom. The predicted molar refractivity (Wildman–Crippen MR) is 72.6 cm³/mol. The summed E-state index contributed by atoms with van der Waals surface area (Å²) in [6.45, 7) is 0.884. The van der Waals surface area contributed by atoms with Crippen LogP contribution in [-0.2, 0) is 0 Å². The molecule has 0 aliphatic rings. The van der Waals surface area contributed by atoms with E-state index in [1.54, 1.807) is 0 Å². The standard InChI is InChI=1S/C14H19N3/c1-17(2)10-14(16-15)13-8-7-11-5-3-4-6-12(11)9-13/h3-9,14,16H,10,15H2,1-2H3. The molecule has 3 heteroatoms. The molecule has 3 nitrogen and oxygen atoms in total. The first-order chi connectivity index (χ1) is 8.20. The molecular weight excluding hydrogens is 210 g/mol. The first-order valence-corrected chi connectivity index (χ1v) is 5.80. The quantitative estimate of drug-likeness (QED) is 0.621. The molecule has 0 fully saturated rings. The fourth-order valence-electron chi connectivity index (χ4n) is 2.04. The van der Waals surface area contributed by atoms with Crippen molar-refractivity contribution >= 4 is 10.8 Å². The van der Waals surface area contributed by atoms with Gasteiger partial charge in [0.05, 0.1) is 6.04 Å².